The average molecular weight is 251 g/mol. The van der Waals surface area contributed by atoms with E-state index >= 15 is 0 Å². The van der Waals surface area contributed by atoms with Crippen LogP contribution in [0.15, 0.2) is 48.9 Å². The van der Waals surface area contributed by atoms with Crippen molar-refractivity contribution in [3.05, 3.63) is 65.7 Å². The second-order valence-electron chi connectivity index (χ2n) is 5.06. The maximum absolute atomic E-state index is 4.48. The van der Waals surface area contributed by atoms with E-state index in [1.165, 1.54) is 16.6 Å². The lowest BCUT2D eigenvalue weighted by Gasteiger charge is -2.09. The van der Waals surface area contributed by atoms with Gasteiger partial charge in [0, 0.05) is 23.7 Å². The van der Waals surface area contributed by atoms with E-state index in [-0.39, 0.29) is 0 Å². The van der Waals surface area contributed by atoms with E-state index in [4.69, 9.17) is 0 Å². The molecule has 3 heteroatoms. The average Bonchev–Trinajstić information content (AvgIpc) is 2.85. The van der Waals surface area contributed by atoms with Crippen LogP contribution in [0.2, 0.25) is 0 Å². The second kappa shape index (κ2) is 4.84. The van der Waals surface area contributed by atoms with Crippen LogP contribution in [0.1, 0.15) is 29.7 Å². The topological polar surface area (TPSA) is 30.2 Å². The highest BCUT2D eigenvalue weighted by atomic mass is 15.2. The summed E-state index contributed by atoms with van der Waals surface area (Å²) in [7, 11) is 0. The lowest BCUT2D eigenvalue weighted by atomic mass is 9.97. The highest BCUT2D eigenvalue weighted by Crippen LogP contribution is 2.23. The molecule has 0 N–H and O–H groups in total. The molecule has 0 aliphatic carbocycles. The van der Waals surface area contributed by atoms with E-state index in [1.54, 1.807) is 0 Å². The van der Waals surface area contributed by atoms with Gasteiger partial charge in [-0.25, -0.2) is 4.52 Å². The Morgan fingerprint density at radius 2 is 2.05 bits per heavy atom. The summed E-state index contributed by atoms with van der Waals surface area (Å²) in [6.45, 7) is 4.29. The molecule has 0 saturated heterocycles. The fourth-order valence-electron chi connectivity index (χ4n) is 2.38. The molecule has 0 aliphatic heterocycles. The summed E-state index contributed by atoms with van der Waals surface area (Å²) in [4.78, 5) is 4.48. The van der Waals surface area contributed by atoms with Crippen LogP contribution in [0.4, 0.5) is 0 Å². The first kappa shape index (κ1) is 11.9. The molecule has 0 amide bonds. The number of fused-ring (bicyclic) bond motifs is 1. The standard InChI is InChI=1S/C16H17N3/c1-12-6-7-14(17-10-12)9-13(2)15-11-18-19-8-4-3-5-16(15)19/h3-8,10-11,13H,9H2,1-2H3. The first-order valence-corrected chi connectivity index (χ1v) is 6.58. The minimum atomic E-state index is 0.412. The monoisotopic (exact) mass is 251 g/mol. The summed E-state index contributed by atoms with van der Waals surface area (Å²) in [5.41, 5.74) is 4.80. The summed E-state index contributed by atoms with van der Waals surface area (Å²) in [5, 5.41) is 4.39. The van der Waals surface area contributed by atoms with Gasteiger partial charge in [0.15, 0.2) is 0 Å². The molecule has 19 heavy (non-hydrogen) atoms. The number of nitrogens with zero attached hydrogens (tertiary/aromatic N) is 3. The van der Waals surface area contributed by atoms with Gasteiger partial charge in [0.25, 0.3) is 0 Å². The summed E-state index contributed by atoms with van der Waals surface area (Å²) < 4.78 is 1.93. The normalized spacial score (nSPS) is 12.7. The van der Waals surface area contributed by atoms with E-state index in [9.17, 15) is 0 Å². The van der Waals surface area contributed by atoms with Crippen LogP contribution >= 0.6 is 0 Å². The van der Waals surface area contributed by atoms with Crippen LogP contribution in [-0.2, 0) is 6.42 Å². The molecule has 1 unspecified atom stereocenters. The van der Waals surface area contributed by atoms with Crippen LogP contribution in [0.3, 0.4) is 0 Å². The van der Waals surface area contributed by atoms with Crippen molar-refractivity contribution in [2.75, 3.05) is 0 Å². The molecule has 0 radical (unpaired) electrons. The van der Waals surface area contributed by atoms with Crippen LogP contribution in [0, 0.1) is 6.92 Å². The Morgan fingerprint density at radius 3 is 2.84 bits per heavy atom. The number of hydrogen-bond acceptors (Lipinski definition) is 2. The number of pyridine rings is 2. The van der Waals surface area contributed by atoms with Gasteiger partial charge in [-0.1, -0.05) is 19.1 Å². The van der Waals surface area contributed by atoms with Crippen molar-refractivity contribution >= 4 is 5.52 Å². The van der Waals surface area contributed by atoms with Crippen molar-refractivity contribution in [3.8, 4) is 0 Å². The Morgan fingerprint density at radius 1 is 1.16 bits per heavy atom. The van der Waals surface area contributed by atoms with Gasteiger partial charge in [-0.05, 0) is 43.0 Å². The summed E-state index contributed by atoms with van der Waals surface area (Å²) in [6, 6.07) is 10.4. The molecule has 3 aromatic heterocycles. The van der Waals surface area contributed by atoms with Crippen molar-refractivity contribution in [1.82, 2.24) is 14.6 Å². The zero-order valence-electron chi connectivity index (χ0n) is 11.2. The number of rotatable bonds is 3. The minimum absolute atomic E-state index is 0.412. The summed E-state index contributed by atoms with van der Waals surface area (Å²) in [5.74, 6) is 0.412. The molecule has 3 rings (SSSR count). The van der Waals surface area contributed by atoms with Crippen molar-refractivity contribution in [2.24, 2.45) is 0 Å². The van der Waals surface area contributed by atoms with Crippen molar-refractivity contribution in [3.63, 3.8) is 0 Å². The zero-order valence-corrected chi connectivity index (χ0v) is 11.2. The van der Waals surface area contributed by atoms with Gasteiger partial charge < -0.3 is 0 Å². The predicted octanol–water partition coefficient (Wildman–Crippen LogP) is 3.38. The van der Waals surface area contributed by atoms with Crippen LogP contribution < -0.4 is 0 Å². The third-order valence-corrected chi connectivity index (χ3v) is 3.48. The number of hydrogen-bond donors (Lipinski definition) is 0. The Balaban J connectivity index is 1.87. The highest BCUT2D eigenvalue weighted by Gasteiger charge is 2.12. The minimum Gasteiger partial charge on any atom is -0.261 e. The molecule has 96 valence electrons. The molecule has 1 atom stereocenters. The van der Waals surface area contributed by atoms with Crippen molar-refractivity contribution in [1.29, 1.82) is 0 Å². The molecule has 3 nitrogen and oxygen atoms in total. The number of aromatic nitrogens is 3. The van der Waals surface area contributed by atoms with E-state index < -0.39 is 0 Å². The van der Waals surface area contributed by atoms with Gasteiger partial charge in [-0.2, -0.15) is 5.10 Å². The maximum Gasteiger partial charge on any atom is 0.0696 e. The van der Waals surface area contributed by atoms with E-state index in [2.05, 4.69) is 48.2 Å². The van der Waals surface area contributed by atoms with E-state index in [1.807, 2.05) is 29.2 Å². The smallest absolute Gasteiger partial charge is 0.0696 e. The summed E-state index contributed by atoms with van der Waals surface area (Å²) >= 11 is 0. The molecule has 3 aromatic rings. The van der Waals surface area contributed by atoms with Gasteiger partial charge in [-0.3, -0.25) is 4.98 Å². The fourth-order valence-corrected chi connectivity index (χ4v) is 2.38. The first-order chi connectivity index (χ1) is 9.24. The van der Waals surface area contributed by atoms with Crippen LogP contribution in [0.5, 0.6) is 0 Å². The highest BCUT2D eigenvalue weighted by molar-refractivity contribution is 5.55. The largest absolute Gasteiger partial charge is 0.261 e. The SMILES string of the molecule is Cc1ccc(CC(C)c2cnn3ccccc23)nc1. The lowest BCUT2D eigenvalue weighted by molar-refractivity contribution is 0.746. The van der Waals surface area contributed by atoms with Crippen LogP contribution in [0.25, 0.3) is 5.52 Å². The third-order valence-electron chi connectivity index (χ3n) is 3.48. The summed E-state index contributed by atoms with van der Waals surface area (Å²) in [6.07, 6.45) is 6.82. The quantitative estimate of drug-likeness (QED) is 0.714. The maximum atomic E-state index is 4.48. The Hall–Kier alpha value is -2.16. The van der Waals surface area contributed by atoms with Gasteiger partial charge in [0.1, 0.15) is 0 Å². The van der Waals surface area contributed by atoms with Gasteiger partial charge >= 0.3 is 0 Å². The van der Waals surface area contributed by atoms with E-state index in [0.29, 0.717) is 5.92 Å². The molecule has 0 bridgehead atoms. The van der Waals surface area contributed by atoms with Crippen molar-refractivity contribution in [2.45, 2.75) is 26.2 Å². The number of aryl methyl sites for hydroxylation is 1. The Kier molecular flexibility index (Phi) is 3.03. The molecular weight excluding hydrogens is 234 g/mol. The van der Waals surface area contributed by atoms with Crippen molar-refractivity contribution < 1.29 is 0 Å². The molecule has 0 aliphatic rings. The predicted molar refractivity (Wildman–Crippen MR) is 76.3 cm³/mol. The molecule has 0 aromatic carbocycles. The fraction of sp³-hybridized carbons (Fsp3) is 0.250. The molecule has 3 heterocycles. The Labute approximate surface area is 112 Å². The van der Waals surface area contributed by atoms with E-state index in [0.717, 1.165) is 12.1 Å². The Bertz CT molecular complexity index is 683. The zero-order chi connectivity index (χ0) is 13.2. The second-order valence-corrected chi connectivity index (χ2v) is 5.06. The van der Waals surface area contributed by atoms with Crippen LogP contribution in [-0.4, -0.2) is 14.6 Å². The lowest BCUT2D eigenvalue weighted by Crippen LogP contribution is -2.00. The molecule has 0 fully saturated rings. The molecular formula is C16H17N3. The van der Waals surface area contributed by atoms with Gasteiger partial charge in [0.05, 0.1) is 11.7 Å². The first-order valence-electron chi connectivity index (χ1n) is 6.58. The third kappa shape index (κ3) is 2.36. The van der Waals surface area contributed by atoms with Gasteiger partial charge in [-0.15, -0.1) is 0 Å². The molecule has 0 spiro atoms. The molecule has 0 saturated carbocycles. The van der Waals surface area contributed by atoms with Gasteiger partial charge in [0.2, 0.25) is 0 Å².